The first kappa shape index (κ1) is 19.8. The molecule has 28 heavy (non-hydrogen) atoms. The van der Waals surface area contributed by atoms with Gasteiger partial charge < -0.3 is 14.4 Å². The summed E-state index contributed by atoms with van der Waals surface area (Å²) in [6.07, 6.45) is 0. The van der Waals surface area contributed by atoms with Gasteiger partial charge in [0.2, 0.25) is 0 Å². The van der Waals surface area contributed by atoms with Crippen molar-refractivity contribution in [3.63, 3.8) is 0 Å². The predicted octanol–water partition coefficient (Wildman–Crippen LogP) is 2.33. The molecular weight excluding hydrogens is 382 g/mol. The highest BCUT2D eigenvalue weighted by Gasteiger charge is 2.41. The number of fused-ring (bicyclic) bond motifs is 1. The van der Waals surface area contributed by atoms with E-state index in [1.807, 2.05) is 31.2 Å². The van der Waals surface area contributed by atoms with Crippen molar-refractivity contribution in [2.75, 3.05) is 12.0 Å². The van der Waals surface area contributed by atoms with Gasteiger partial charge in [0, 0.05) is 6.92 Å². The summed E-state index contributed by atoms with van der Waals surface area (Å²) in [5.41, 5.74) is 1.03. The summed E-state index contributed by atoms with van der Waals surface area (Å²) in [5, 5.41) is 0. The van der Waals surface area contributed by atoms with Crippen LogP contribution in [-0.2, 0) is 36.4 Å². The highest BCUT2D eigenvalue weighted by Crippen LogP contribution is 2.35. The number of esters is 2. The van der Waals surface area contributed by atoms with Gasteiger partial charge >= 0.3 is 11.9 Å². The summed E-state index contributed by atoms with van der Waals surface area (Å²) in [5.74, 6) is -1.88. The largest absolute Gasteiger partial charge is 0.465 e. The molecule has 0 radical (unpaired) electrons. The molecule has 1 aliphatic heterocycles. The van der Waals surface area contributed by atoms with Gasteiger partial charge in [-0.1, -0.05) is 29.8 Å². The smallest absolute Gasteiger partial charge is 0.337 e. The van der Waals surface area contributed by atoms with E-state index < -0.39 is 34.1 Å². The maximum absolute atomic E-state index is 13.0. The van der Waals surface area contributed by atoms with E-state index in [0.29, 0.717) is 10.6 Å². The number of hydrogen-bond acceptors (Lipinski definition) is 6. The second kappa shape index (κ2) is 7.93. The van der Waals surface area contributed by atoms with Crippen molar-refractivity contribution in [1.82, 2.24) is 0 Å². The molecule has 1 heterocycles. The number of benzene rings is 2. The Hall–Kier alpha value is -3.00. The van der Waals surface area contributed by atoms with Crippen LogP contribution in [0.15, 0.2) is 47.4 Å². The number of amides is 1. The third kappa shape index (κ3) is 3.82. The molecule has 1 aliphatic rings. The first-order chi connectivity index (χ1) is 13.3. The molecule has 0 saturated heterocycles. The molecule has 0 aromatic heterocycles. The maximum atomic E-state index is 13.0. The number of carbonyl (C=O) groups excluding carboxylic acids is 3. The van der Waals surface area contributed by atoms with Crippen LogP contribution in [0.3, 0.4) is 0 Å². The first-order valence-electron chi connectivity index (χ1n) is 8.49. The van der Waals surface area contributed by atoms with E-state index in [1.165, 1.54) is 30.2 Å². The van der Waals surface area contributed by atoms with Crippen LogP contribution in [0.5, 0.6) is 0 Å². The molecule has 1 amide bonds. The third-order valence-electron chi connectivity index (χ3n) is 4.28. The van der Waals surface area contributed by atoms with E-state index in [4.69, 9.17) is 9.47 Å². The van der Waals surface area contributed by atoms with E-state index in [2.05, 4.69) is 0 Å². The Balaban J connectivity index is 2.09. The van der Waals surface area contributed by atoms with Crippen molar-refractivity contribution < 1.29 is 28.1 Å². The van der Waals surface area contributed by atoms with Crippen LogP contribution in [0.2, 0.25) is 0 Å². The number of anilines is 1. The molecule has 0 aliphatic carbocycles. The molecule has 0 N–H and O–H groups in total. The lowest BCUT2D eigenvalue weighted by Crippen LogP contribution is -2.47. The number of hydrogen-bond donors (Lipinski definition) is 0. The van der Waals surface area contributed by atoms with Crippen molar-refractivity contribution in [3.8, 4) is 0 Å². The van der Waals surface area contributed by atoms with Gasteiger partial charge in [-0.15, -0.1) is 0 Å². The normalized spacial score (nSPS) is 18.4. The van der Waals surface area contributed by atoms with E-state index in [9.17, 15) is 18.6 Å². The molecule has 3 rings (SSSR count). The van der Waals surface area contributed by atoms with Crippen molar-refractivity contribution >= 4 is 34.3 Å². The first-order valence-corrected chi connectivity index (χ1v) is 9.70. The second-order valence-electron chi connectivity index (χ2n) is 6.32. The summed E-state index contributed by atoms with van der Waals surface area (Å²) in [6.45, 7) is 3.28. The molecule has 2 aromatic carbocycles. The van der Waals surface area contributed by atoms with E-state index in [0.717, 1.165) is 18.1 Å². The highest BCUT2D eigenvalue weighted by atomic mass is 32.2. The quantitative estimate of drug-likeness (QED) is 0.731. The molecule has 146 valence electrons. The molecule has 0 saturated carbocycles. The summed E-state index contributed by atoms with van der Waals surface area (Å²) in [7, 11) is -0.640. The number of nitrogens with zero attached hydrogens (tertiary/aromatic N) is 1. The minimum absolute atomic E-state index is 0.172. The van der Waals surface area contributed by atoms with Gasteiger partial charge in [-0.3, -0.25) is 9.59 Å². The van der Waals surface area contributed by atoms with E-state index in [-0.39, 0.29) is 12.1 Å². The Bertz CT molecular complexity index is 969. The molecule has 0 fully saturated rings. The number of methoxy groups -OCH3 is 1. The molecule has 2 atom stereocenters. The zero-order valence-corrected chi connectivity index (χ0v) is 16.4. The Kier molecular flexibility index (Phi) is 5.60. The lowest BCUT2D eigenvalue weighted by Gasteiger charge is -2.33. The average Bonchev–Trinajstić information content (AvgIpc) is 2.68. The molecule has 0 spiro atoms. The van der Waals surface area contributed by atoms with Gasteiger partial charge in [0.05, 0.1) is 29.8 Å². The van der Waals surface area contributed by atoms with Gasteiger partial charge in [0.25, 0.3) is 11.3 Å². The molecule has 2 aromatic rings. The molecule has 8 heteroatoms. The van der Waals surface area contributed by atoms with Crippen LogP contribution < -0.4 is 4.90 Å². The maximum Gasteiger partial charge on any atom is 0.337 e. The van der Waals surface area contributed by atoms with Gasteiger partial charge in [-0.2, -0.15) is 0 Å². The standard InChI is InChI=1S/C20H19NO6S/c1-12-4-6-14(7-5-12)11-21-16-10-15(19(24)26-3)8-9-17(16)28(25)20(18(21)23)27-13(2)22/h4-10,20H,11H2,1-3H3/t20-,28-/m1/s1. The van der Waals surface area contributed by atoms with Crippen molar-refractivity contribution in [2.45, 2.75) is 30.7 Å². The molecule has 7 nitrogen and oxygen atoms in total. The average molecular weight is 401 g/mol. The summed E-state index contributed by atoms with van der Waals surface area (Å²) in [4.78, 5) is 38.0. The minimum atomic E-state index is -1.90. The van der Waals surface area contributed by atoms with E-state index >= 15 is 0 Å². The summed E-state index contributed by atoms with van der Waals surface area (Å²) < 4.78 is 22.6. The van der Waals surface area contributed by atoms with Crippen molar-refractivity contribution in [2.24, 2.45) is 0 Å². The van der Waals surface area contributed by atoms with Gasteiger partial charge in [0.1, 0.15) is 10.8 Å². The van der Waals surface area contributed by atoms with E-state index in [1.54, 1.807) is 0 Å². The predicted molar refractivity (Wildman–Crippen MR) is 102 cm³/mol. The second-order valence-corrected chi connectivity index (χ2v) is 7.79. The molecular formula is C20H19NO6S. The molecule has 0 unspecified atom stereocenters. The number of ether oxygens (including phenoxy) is 2. The highest BCUT2D eigenvalue weighted by molar-refractivity contribution is 7.86. The van der Waals surface area contributed by atoms with Crippen molar-refractivity contribution in [3.05, 3.63) is 59.2 Å². The zero-order valence-electron chi connectivity index (χ0n) is 15.6. The Morgan fingerprint density at radius 3 is 2.43 bits per heavy atom. The molecule has 0 bridgehead atoms. The van der Waals surface area contributed by atoms with Crippen LogP contribution in [-0.4, -0.2) is 34.6 Å². The minimum Gasteiger partial charge on any atom is -0.465 e. The van der Waals surface area contributed by atoms with Crippen molar-refractivity contribution in [1.29, 1.82) is 0 Å². The monoisotopic (exact) mass is 401 g/mol. The Morgan fingerprint density at radius 2 is 1.82 bits per heavy atom. The summed E-state index contributed by atoms with van der Waals surface area (Å²) in [6, 6.07) is 12.0. The fourth-order valence-corrected chi connectivity index (χ4v) is 4.22. The fraction of sp³-hybridized carbons (Fsp3) is 0.250. The van der Waals surface area contributed by atoms with Crippen LogP contribution in [0.1, 0.15) is 28.4 Å². The van der Waals surface area contributed by atoms with Gasteiger partial charge in [0.15, 0.2) is 0 Å². The number of aryl methyl sites for hydroxylation is 1. The van der Waals surface area contributed by atoms with Gasteiger partial charge in [-0.05, 0) is 30.7 Å². The number of rotatable bonds is 4. The Labute approximate surface area is 164 Å². The lowest BCUT2D eigenvalue weighted by molar-refractivity contribution is -0.148. The Morgan fingerprint density at radius 1 is 1.14 bits per heavy atom. The SMILES string of the molecule is COC(=O)c1ccc2c(c1)N(Cc1ccc(C)cc1)C(=O)[C@H](OC(C)=O)[S@@]2=O. The summed E-state index contributed by atoms with van der Waals surface area (Å²) >= 11 is 0. The zero-order chi connectivity index (χ0) is 20.4. The van der Waals surface area contributed by atoms with Crippen LogP contribution in [0, 0.1) is 6.92 Å². The van der Waals surface area contributed by atoms with Gasteiger partial charge in [-0.25, -0.2) is 9.00 Å². The van der Waals surface area contributed by atoms with Crippen LogP contribution in [0.4, 0.5) is 5.69 Å². The third-order valence-corrected chi connectivity index (χ3v) is 5.75. The lowest BCUT2D eigenvalue weighted by atomic mass is 10.1. The topological polar surface area (TPSA) is 90.0 Å². The number of carbonyl (C=O) groups is 3. The fourth-order valence-electron chi connectivity index (χ4n) is 2.88. The van der Waals surface area contributed by atoms with Crippen LogP contribution in [0.25, 0.3) is 0 Å². The van der Waals surface area contributed by atoms with Crippen LogP contribution >= 0.6 is 0 Å².